The Morgan fingerprint density at radius 3 is 2.71 bits per heavy atom. The van der Waals surface area contributed by atoms with E-state index in [4.69, 9.17) is 0 Å². The summed E-state index contributed by atoms with van der Waals surface area (Å²) in [6, 6.07) is 10.6. The Kier molecular flexibility index (Phi) is 2.08. The molecule has 3 aromatic rings. The molecule has 0 aliphatic rings. The summed E-state index contributed by atoms with van der Waals surface area (Å²) in [6.07, 6.45) is 1.85. The molecular formula is C14H15N3. The lowest BCUT2D eigenvalue weighted by Gasteiger charge is -2.12. The van der Waals surface area contributed by atoms with Gasteiger partial charge in [-0.25, -0.2) is 0 Å². The van der Waals surface area contributed by atoms with Crippen LogP contribution < -0.4 is 4.90 Å². The molecule has 3 nitrogen and oxygen atoms in total. The van der Waals surface area contributed by atoms with Crippen LogP contribution >= 0.6 is 0 Å². The number of nitrogens with zero attached hydrogens (tertiary/aromatic N) is 3. The van der Waals surface area contributed by atoms with Crippen molar-refractivity contribution >= 4 is 27.6 Å². The molecule has 0 unspecified atom stereocenters. The quantitative estimate of drug-likeness (QED) is 0.635. The summed E-state index contributed by atoms with van der Waals surface area (Å²) in [5.74, 6) is 0. The van der Waals surface area contributed by atoms with E-state index in [9.17, 15) is 0 Å². The number of benzene rings is 1. The molecule has 17 heavy (non-hydrogen) atoms. The fraction of sp³-hybridized carbons (Fsp3) is 0.214. The number of aryl methyl sites for hydroxylation is 1. The van der Waals surface area contributed by atoms with Gasteiger partial charge in [-0.1, -0.05) is 0 Å². The van der Waals surface area contributed by atoms with Crippen molar-refractivity contribution < 1.29 is 0 Å². The van der Waals surface area contributed by atoms with Gasteiger partial charge in [0.2, 0.25) is 0 Å². The summed E-state index contributed by atoms with van der Waals surface area (Å²) in [5.41, 5.74) is 4.69. The molecule has 1 aromatic carbocycles. The molecule has 0 amide bonds. The maximum Gasteiger partial charge on any atom is 0.0960 e. The van der Waals surface area contributed by atoms with Gasteiger partial charge in [-0.05, 0) is 30.3 Å². The number of hydrogen-bond donors (Lipinski definition) is 0. The average molecular weight is 225 g/mol. The van der Waals surface area contributed by atoms with Crippen LogP contribution in [-0.2, 0) is 7.05 Å². The predicted molar refractivity (Wildman–Crippen MR) is 72.5 cm³/mol. The maximum absolute atomic E-state index is 4.49. The standard InChI is InChI=1S/C14H15N3/c1-16(2)10-6-7-12-11(9-10)14-13(17(12)3)5-4-8-15-14/h4-9H,1-3H3. The Bertz CT molecular complexity index is 695. The Labute approximate surface area is 100 Å². The summed E-state index contributed by atoms with van der Waals surface area (Å²) in [6.45, 7) is 0. The van der Waals surface area contributed by atoms with Crippen molar-refractivity contribution in [3.63, 3.8) is 0 Å². The van der Waals surface area contributed by atoms with Crippen molar-refractivity contribution in [1.82, 2.24) is 9.55 Å². The SMILES string of the molecule is CN(C)c1ccc2c(c1)c1ncccc1n2C. The first-order valence-corrected chi connectivity index (χ1v) is 5.69. The monoisotopic (exact) mass is 225 g/mol. The van der Waals surface area contributed by atoms with Crippen LogP contribution in [0.2, 0.25) is 0 Å². The average Bonchev–Trinajstić information content (AvgIpc) is 2.64. The first kappa shape index (κ1) is 10.1. The summed E-state index contributed by atoms with van der Waals surface area (Å²) in [5, 5.41) is 1.22. The molecular weight excluding hydrogens is 210 g/mol. The van der Waals surface area contributed by atoms with E-state index >= 15 is 0 Å². The van der Waals surface area contributed by atoms with E-state index in [-0.39, 0.29) is 0 Å². The smallest absolute Gasteiger partial charge is 0.0960 e. The highest BCUT2D eigenvalue weighted by Gasteiger charge is 2.09. The molecule has 3 heteroatoms. The topological polar surface area (TPSA) is 21.1 Å². The zero-order valence-corrected chi connectivity index (χ0v) is 10.3. The molecule has 0 saturated heterocycles. The van der Waals surface area contributed by atoms with E-state index in [1.807, 2.05) is 12.3 Å². The molecule has 0 saturated carbocycles. The summed E-state index contributed by atoms with van der Waals surface area (Å²) < 4.78 is 2.19. The number of aromatic nitrogens is 2. The fourth-order valence-corrected chi connectivity index (χ4v) is 2.29. The molecule has 2 heterocycles. The van der Waals surface area contributed by atoms with Gasteiger partial charge in [0.15, 0.2) is 0 Å². The van der Waals surface area contributed by atoms with Crippen LogP contribution in [0.3, 0.4) is 0 Å². The van der Waals surface area contributed by atoms with Crippen molar-refractivity contribution in [2.24, 2.45) is 7.05 Å². The van der Waals surface area contributed by atoms with Crippen LogP contribution in [0.1, 0.15) is 0 Å². The molecule has 0 fully saturated rings. The van der Waals surface area contributed by atoms with Crippen LogP contribution in [0.15, 0.2) is 36.5 Å². The molecule has 0 aliphatic heterocycles. The van der Waals surface area contributed by atoms with Crippen LogP contribution in [0.5, 0.6) is 0 Å². The molecule has 0 atom stereocenters. The van der Waals surface area contributed by atoms with E-state index in [2.05, 4.69) is 59.9 Å². The minimum absolute atomic E-state index is 1.08. The highest BCUT2D eigenvalue weighted by molar-refractivity contribution is 6.06. The van der Waals surface area contributed by atoms with Crippen molar-refractivity contribution in [3.8, 4) is 0 Å². The van der Waals surface area contributed by atoms with Crippen LogP contribution in [0, 0.1) is 0 Å². The highest BCUT2D eigenvalue weighted by atomic mass is 15.1. The molecule has 0 spiro atoms. The van der Waals surface area contributed by atoms with Gasteiger partial charge in [0.1, 0.15) is 0 Å². The van der Waals surface area contributed by atoms with E-state index < -0.39 is 0 Å². The number of fused-ring (bicyclic) bond motifs is 3. The van der Waals surface area contributed by atoms with Crippen molar-refractivity contribution in [2.75, 3.05) is 19.0 Å². The number of anilines is 1. The van der Waals surface area contributed by atoms with Crippen LogP contribution in [0.25, 0.3) is 21.9 Å². The van der Waals surface area contributed by atoms with Crippen LogP contribution in [-0.4, -0.2) is 23.6 Å². The van der Waals surface area contributed by atoms with Gasteiger partial charge in [-0.3, -0.25) is 4.98 Å². The Hall–Kier alpha value is -2.03. The number of hydrogen-bond acceptors (Lipinski definition) is 2. The maximum atomic E-state index is 4.49. The molecule has 86 valence electrons. The van der Waals surface area contributed by atoms with Gasteiger partial charge < -0.3 is 9.47 Å². The lowest BCUT2D eigenvalue weighted by atomic mass is 10.2. The minimum Gasteiger partial charge on any atom is -0.378 e. The van der Waals surface area contributed by atoms with Crippen molar-refractivity contribution in [1.29, 1.82) is 0 Å². The minimum atomic E-state index is 1.08. The van der Waals surface area contributed by atoms with Crippen molar-refractivity contribution in [3.05, 3.63) is 36.5 Å². The number of pyridine rings is 1. The molecule has 3 rings (SSSR count). The third kappa shape index (κ3) is 1.39. The lowest BCUT2D eigenvalue weighted by Crippen LogP contribution is -2.08. The van der Waals surface area contributed by atoms with Gasteiger partial charge in [-0.2, -0.15) is 0 Å². The van der Waals surface area contributed by atoms with Gasteiger partial charge in [0, 0.05) is 38.4 Å². The first-order chi connectivity index (χ1) is 8.18. The van der Waals surface area contributed by atoms with Crippen molar-refractivity contribution in [2.45, 2.75) is 0 Å². The molecule has 2 aromatic heterocycles. The van der Waals surface area contributed by atoms with Gasteiger partial charge in [-0.15, -0.1) is 0 Å². The zero-order valence-electron chi connectivity index (χ0n) is 10.3. The molecule has 0 bridgehead atoms. The summed E-state index contributed by atoms with van der Waals surface area (Å²) in [4.78, 5) is 6.60. The van der Waals surface area contributed by atoms with Gasteiger partial charge >= 0.3 is 0 Å². The Morgan fingerprint density at radius 2 is 1.94 bits per heavy atom. The summed E-state index contributed by atoms with van der Waals surface area (Å²) >= 11 is 0. The third-order valence-corrected chi connectivity index (χ3v) is 3.26. The Balaban J connectivity index is 2.46. The predicted octanol–water partition coefficient (Wildman–Crippen LogP) is 2.79. The lowest BCUT2D eigenvalue weighted by molar-refractivity contribution is 1.01. The van der Waals surface area contributed by atoms with Crippen LogP contribution in [0.4, 0.5) is 5.69 Å². The summed E-state index contributed by atoms with van der Waals surface area (Å²) in [7, 11) is 6.20. The zero-order chi connectivity index (χ0) is 12.0. The first-order valence-electron chi connectivity index (χ1n) is 5.69. The molecule has 0 aliphatic carbocycles. The highest BCUT2D eigenvalue weighted by Crippen LogP contribution is 2.29. The second-order valence-corrected chi connectivity index (χ2v) is 4.53. The fourth-order valence-electron chi connectivity index (χ4n) is 2.29. The number of rotatable bonds is 1. The second-order valence-electron chi connectivity index (χ2n) is 4.53. The normalized spacial score (nSPS) is 11.2. The van der Waals surface area contributed by atoms with E-state index in [1.54, 1.807) is 0 Å². The van der Waals surface area contributed by atoms with E-state index in [0.29, 0.717) is 0 Å². The third-order valence-electron chi connectivity index (χ3n) is 3.26. The Morgan fingerprint density at radius 1 is 1.12 bits per heavy atom. The second kappa shape index (κ2) is 3.48. The molecule has 0 N–H and O–H groups in total. The van der Waals surface area contributed by atoms with E-state index in [0.717, 1.165) is 5.52 Å². The molecule has 0 radical (unpaired) electrons. The van der Waals surface area contributed by atoms with Gasteiger partial charge in [0.05, 0.1) is 16.6 Å². The van der Waals surface area contributed by atoms with E-state index in [1.165, 1.54) is 22.1 Å². The largest absolute Gasteiger partial charge is 0.378 e. The van der Waals surface area contributed by atoms with Gasteiger partial charge in [0.25, 0.3) is 0 Å².